The van der Waals surface area contributed by atoms with Crippen LogP contribution in [0.3, 0.4) is 0 Å². The van der Waals surface area contributed by atoms with Crippen LogP contribution in [0.4, 0.5) is 0 Å². The number of methoxy groups -OCH3 is 1. The monoisotopic (exact) mass is 260 g/mol. The van der Waals surface area contributed by atoms with E-state index in [1.807, 2.05) is 32.2 Å². The van der Waals surface area contributed by atoms with Gasteiger partial charge in [-0.15, -0.1) is 0 Å². The van der Waals surface area contributed by atoms with E-state index >= 15 is 0 Å². The van der Waals surface area contributed by atoms with Gasteiger partial charge in [-0.3, -0.25) is 9.48 Å². The third-order valence-corrected chi connectivity index (χ3v) is 2.92. The number of rotatable bonds is 4. The van der Waals surface area contributed by atoms with Crippen LogP contribution in [0.1, 0.15) is 11.3 Å². The smallest absolute Gasteiger partial charge is 0.307 e. The maximum absolute atomic E-state index is 10.9. The highest BCUT2D eigenvalue weighted by molar-refractivity contribution is 5.73. The van der Waals surface area contributed by atoms with E-state index in [-0.39, 0.29) is 6.42 Å². The van der Waals surface area contributed by atoms with Crippen LogP contribution in [0.15, 0.2) is 24.3 Å². The molecule has 0 atom stereocenters. The van der Waals surface area contributed by atoms with Gasteiger partial charge in [0.1, 0.15) is 5.75 Å². The second-order valence-corrected chi connectivity index (χ2v) is 4.39. The number of carboxylic acid groups (broad SMARTS) is 1. The van der Waals surface area contributed by atoms with Crippen molar-refractivity contribution in [1.82, 2.24) is 9.78 Å². The predicted molar refractivity (Wildman–Crippen MR) is 71.3 cm³/mol. The largest absolute Gasteiger partial charge is 0.496 e. The number of hydrogen-bond donors (Lipinski definition) is 1. The molecule has 2 aromatic rings. The summed E-state index contributed by atoms with van der Waals surface area (Å²) in [7, 11) is 3.40. The van der Waals surface area contributed by atoms with Gasteiger partial charge < -0.3 is 9.84 Å². The van der Waals surface area contributed by atoms with Crippen LogP contribution in [0.5, 0.6) is 5.75 Å². The van der Waals surface area contributed by atoms with Gasteiger partial charge in [0.25, 0.3) is 0 Å². The average Bonchev–Trinajstić information content (AvgIpc) is 2.67. The third kappa shape index (κ3) is 2.76. The lowest BCUT2D eigenvalue weighted by Gasteiger charge is -2.09. The summed E-state index contributed by atoms with van der Waals surface area (Å²) in [6, 6.07) is 7.49. The molecule has 2 rings (SSSR count). The van der Waals surface area contributed by atoms with Crippen molar-refractivity contribution in [2.75, 3.05) is 7.11 Å². The fourth-order valence-corrected chi connectivity index (χ4v) is 2.12. The zero-order chi connectivity index (χ0) is 14.0. The number of aromatic nitrogens is 2. The highest BCUT2D eigenvalue weighted by Gasteiger charge is 2.11. The summed E-state index contributed by atoms with van der Waals surface area (Å²) in [5, 5.41) is 13.2. The summed E-state index contributed by atoms with van der Waals surface area (Å²) in [4.78, 5) is 10.9. The number of ether oxygens (including phenoxy) is 1. The van der Waals surface area contributed by atoms with E-state index in [0.29, 0.717) is 11.3 Å². The first kappa shape index (κ1) is 13.1. The van der Waals surface area contributed by atoms with E-state index in [4.69, 9.17) is 9.84 Å². The fourth-order valence-electron chi connectivity index (χ4n) is 2.12. The molecule has 0 amide bonds. The summed E-state index contributed by atoms with van der Waals surface area (Å²) in [6.45, 7) is 1.92. The van der Waals surface area contributed by atoms with E-state index in [2.05, 4.69) is 5.10 Å². The zero-order valence-electron chi connectivity index (χ0n) is 11.2. The van der Waals surface area contributed by atoms with Crippen molar-refractivity contribution in [2.45, 2.75) is 13.3 Å². The van der Waals surface area contributed by atoms with Crippen LogP contribution >= 0.6 is 0 Å². The molecule has 0 aliphatic heterocycles. The molecule has 0 bridgehead atoms. The van der Waals surface area contributed by atoms with E-state index in [1.54, 1.807) is 10.7 Å². The van der Waals surface area contributed by atoms with Crippen LogP contribution < -0.4 is 4.74 Å². The minimum absolute atomic E-state index is 0.0617. The lowest BCUT2D eigenvalue weighted by molar-refractivity contribution is -0.136. The molecule has 0 radical (unpaired) electrons. The Balaban J connectivity index is 2.48. The van der Waals surface area contributed by atoms with Crippen molar-refractivity contribution in [3.05, 3.63) is 35.5 Å². The minimum Gasteiger partial charge on any atom is -0.496 e. The van der Waals surface area contributed by atoms with Gasteiger partial charge in [0, 0.05) is 18.2 Å². The normalized spacial score (nSPS) is 10.5. The molecule has 5 nitrogen and oxygen atoms in total. The Morgan fingerprint density at radius 3 is 2.68 bits per heavy atom. The number of nitrogens with zero attached hydrogens (tertiary/aromatic N) is 2. The third-order valence-electron chi connectivity index (χ3n) is 2.92. The van der Waals surface area contributed by atoms with Crippen LogP contribution in [0.25, 0.3) is 11.3 Å². The molecule has 0 saturated heterocycles. The van der Waals surface area contributed by atoms with Crippen molar-refractivity contribution in [3.8, 4) is 17.0 Å². The van der Waals surface area contributed by atoms with Crippen molar-refractivity contribution >= 4 is 5.97 Å². The molecule has 5 heteroatoms. The van der Waals surface area contributed by atoms with Crippen LogP contribution in [0.2, 0.25) is 0 Å². The Kier molecular flexibility index (Phi) is 3.55. The Morgan fingerprint density at radius 2 is 2.16 bits per heavy atom. The van der Waals surface area contributed by atoms with E-state index in [1.165, 1.54) is 7.11 Å². The lowest BCUT2D eigenvalue weighted by atomic mass is 10.0. The fraction of sp³-hybridized carbons (Fsp3) is 0.286. The van der Waals surface area contributed by atoms with Crippen molar-refractivity contribution in [2.24, 2.45) is 7.05 Å². The number of carbonyl (C=O) groups is 1. The van der Waals surface area contributed by atoms with E-state index in [9.17, 15) is 4.79 Å². The standard InChI is InChI=1S/C14H16N2O3/c1-9-6-12(16(2)15-9)10-4-5-13(19-3)11(7-10)8-14(17)18/h4-7H,8H2,1-3H3,(H,17,18). The number of aryl methyl sites for hydroxylation is 2. The molecule has 0 saturated carbocycles. The van der Waals surface area contributed by atoms with Gasteiger partial charge in [-0.05, 0) is 31.2 Å². The molecule has 1 heterocycles. The first-order valence-corrected chi connectivity index (χ1v) is 5.91. The lowest BCUT2D eigenvalue weighted by Crippen LogP contribution is -2.03. The number of aliphatic carboxylic acids is 1. The van der Waals surface area contributed by atoms with Crippen molar-refractivity contribution in [3.63, 3.8) is 0 Å². The summed E-state index contributed by atoms with van der Waals surface area (Å²) >= 11 is 0. The Hall–Kier alpha value is -2.30. The minimum atomic E-state index is -0.878. The number of hydrogen-bond acceptors (Lipinski definition) is 3. The molecule has 0 spiro atoms. The highest BCUT2D eigenvalue weighted by Crippen LogP contribution is 2.27. The highest BCUT2D eigenvalue weighted by atomic mass is 16.5. The molecular formula is C14H16N2O3. The van der Waals surface area contributed by atoms with Gasteiger partial charge >= 0.3 is 5.97 Å². The second kappa shape index (κ2) is 5.14. The molecule has 0 unspecified atom stereocenters. The molecule has 1 N–H and O–H groups in total. The van der Waals surface area contributed by atoms with Gasteiger partial charge in [0.2, 0.25) is 0 Å². The Labute approximate surface area is 111 Å². The summed E-state index contributed by atoms with van der Waals surface area (Å²) < 4.78 is 6.97. The molecule has 19 heavy (non-hydrogen) atoms. The molecular weight excluding hydrogens is 244 g/mol. The van der Waals surface area contributed by atoms with Crippen molar-refractivity contribution < 1.29 is 14.6 Å². The predicted octanol–water partition coefficient (Wildman–Crippen LogP) is 2.03. The summed E-state index contributed by atoms with van der Waals surface area (Å²) in [5.41, 5.74) is 3.46. The quantitative estimate of drug-likeness (QED) is 0.913. The van der Waals surface area contributed by atoms with E-state index in [0.717, 1.165) is 17.0 Å². The van der Waals surface area contributed by atoms with Crippen LogP contribution in [-0.2, 0) is 18.3 Å². The van der Waals surface area contributed by atoms with Gasteiger partial charge in [-0.2, -0.15) is 5.10 Å². The van der Waals surface area contributed by atoms with Crippen LogP contribution in [0, 0.1) is 6.92 Å². The molecule has 1 aromatic carbocycles. The number of benzene rings is 1. The average molecular weight is 260 g/mol. The molecule has 1 aromatic heterocycles. The molecule has 100 valence electrons. The number of carboxylic acids is 1. The molecule has 0 fully saturated rings. The van der Waals surface area contributed by atoms with E-state index < -0.39 is 5.97 Å². The van der Waals surface area contributed by atoms with Crippen molar-refractivity contribution in [1.29, 1.82) is 0 Å². The first-order valence-electron chi connectivity index (χ1n) is 5.91. The van der Waals surface area contributed by atoms with Gasteiger partial charge in [0.15, 0.2) is 0 Å². The summed E-state index contributed by atoms with van der Waals surface area (Å²) in [5.74, 6) is -0.290. The Bertz CT molecular complexity index is 617. The zero-order valence-corrected chi connectivity index (χ0v) is 11.2. The topological polar surface area (TPSA) is 64.4 Å². The second-order valence-electron chi connectivity index (χ2n) is 4.39. The van der Waals surface area contributed by atoms with Gasteiger partial charge in [0.05, 0.1) is 24.9 Å². The Morgan fingerprint density at radius 1 is 1.42 bits per heavy atom. The SMILES string of the molecule is COc1ccc(-c2cc(C)nn2C)cc1CC(=O)O. The van der Waals surface area contributed by atoms with Crippen LogP contribution in [-0.4, -0.2) is 28.0 Å². The molecule has 0 aliphatic carbocycles. The maximum atomic E-state index is 10.9. The maximum Gasteiger partial charge on any atom is 0.307 e. The van der Waals surface area contributed by atoms with Gasteiger partial charge in [-0.25, -0.2) is 0 Å². The molecule has 0 aliphatic rings. The summed E-state index contributed by atoms with van der Waals surface area (Å²) in [6.07, 6.45) is -0.0617. The first-order chi connectivity index (χ1) is 9.01. The van der Waals surface area contributed by atoms with Gasteiger partial charge in [-0.1, -0.05) is 0 Å².